The van der Waals surface area contributed by atoms with Gasteiger partial charge < -0.3 is 4.90 Å². The van der Waals surface area contributed by atoms with Crippen LogP contribution in [-0.2, 0) is 4.79 Å². The number of hydrogen-bond donors (Lipinski definition) is 0. The molecule has 24 heavy (non-hydrogen) atoms. The molecule has 0 N–H and O–H groups in total. The lowest BCUT2D eigenvalue weighted by molar-refractivity contribution is -0.130. The number of likely N-dealkylation sites (N-methyl/N-ethyl adjacent to an activating group) is 1. The Hall–Kier alpha value is -2.38. The Morgan fingerprint density at radius 3 is 2.54 bits per heavy atom. The molecule has 1 aliphatic heterocycles. The minimum absolute atomic E-state index is 0.123. The van der Waals surface area contributed by atoms with Crippen molar-refractivity contribution in [1.82, 2.24) is 14.9 Å². The molecule has 4 nitrogen and oxygen atoms in total. The van der Waals surface area contributed by atoms with Crippen molar-refractivity contribution in [1.29, 1.82) is 0 Å². The number of carbonyl (C=O) groups excluding carboxylic acids is 1. The van der Waals surface area contributed by atoms with Crippen LogP contribution >= 0.6 is 11.6 Å². The topological polar surface area (TPSA) is 46.1 Å². The molecule has 2 aromatic rings. The van der Waals surface area contributed by atoms with E-state index in [4.69, 9.17) is 11.6 Å². The summed E-state index contributed by atoms with van der Waals surface area (Å²) in [6, 6.07) is 7.30. The molecule has 1 amide bonds. The maximum Gasteiger partial charge on any atom is 0.231 e. The van der Waals surface area contributed by atoms with Gasteiger partial charge in [0.25, 0.3) is 0 Å². The van der Waals surface area contributed by atoms with Gasteiger partial charge in [0.15, 0.2) is 0 Å². The van der Waals surface area contributed by atoms with Crippen molar-refractivity contribution in [2.24, 2.45) is 0 Å². The summed E-state index contributed by atoms with van der Waals surface area (Å²) in [5, 5.41) is 0.418. The molecule has 1 fully saturated rings. The lowest BCUT2D eigenvalue weighted by atomic mass is 9.93. The Bertz CT molecular complexity index is 834. The molecule has 3 heterocycles. The molecule has 0 bridgehead atoms. The number of likely N-dealkylation sites (tertiary alicyclic amines) is 1. The summed E-state index contributed by atoms with van der Waals surface area (Å²) in [6.45, 7) is 4.15. The van der Waals surface area contributed by atoms with Crippen molar-refractivity contribution in [2.75, 3.05) is 7.05 Å². The van der Waals surface area contributed by atoms with Crippen molar-refractivity contribution in [3.05, 3.63) is 58.6 Å². The molecule has 0 aliphatic carbocycles. The molecule has 122 valence electrons. The standard InChI is InChI=1S/C19H18ClN3O/c1-19(2)11-15(18(24)23(19)3)16-7-6-14(12-22-16)5-4-13-8-9-21-17(20)10-13/h6-10,12,15H,11H2,1-3H3. The fourth-order valence-corrected chi connectivity index (χ4v) is 2.97. The van der Waals surface area contributed by atoms with Crippen molar-refractivity contribution in [3.63, 3.8) is 0 Å². The van der Waals surface area contributed by atoms with Gasteiger partial charge in [-0.3, -0.25) is 9.78 Å². The van der Waals surface area contributed by atoms with Gasteiger partial charge in [-0.1, -0.05) is 23.4 Å². The molecule has 0 radical (unpaired) electrons. The van der Waals surface area contributed by atoms with E-state index in [9.17, 15) is 4.79 Å². The van der Waals surface area contributed by atoms with Gasteiger partial charge in [0.1, 0.15) is 5.15 Å². The molecule has 1 unspecified atom stereocenters. The van der Waals surface area contributed by atoms with E-state index in [0.717, 1.165) is 23.2 Å². The van der Waals surface area contributed by atoms with Crippen LogP contribution in [0.25, 0.3) is 0 Å². The highest BCUT2D eigenvalue weighted by molar-refractivity contribution is 6.29. The molecule has 3 rings (SSSR count). The van der Waals surface area contributed by atoms with E-state index in [0.29, 0.717) is 5.15 Å². The number of nitrogens with zero attached hydrogens (tertiary/aromatic N) is 3. The van der Waals surface area contributed by atoms with E-state index < -0.39 is 0 Å². The first-order chi connectivity index (χ1) is 11.4. The lowest BCUT2D eigenvalue weighted by Gasteiger charge is -2.26. The molecule has 1 saturated heterocycles. The van der Waals surface area contributed by atoms with Gasteiger partial charge in [-0.2, -0.15) is 0 Å². The van der Waals surface area contributed by atoms with Crippen LogP contribution < -0.4 is 0 Å². The second kappa shape index (κ2) is 6.26. The van der Waals surface area contributed by atoms with Crippen LogP contribution in [0.5, 0.6) is 0 Å². The Labute approximate surface area is 146 Å². The average Bonchev–Trinajstić information content (AvgIpc) is 2.77. The highest BCUT2D eigenvalue weighted by Gasteiger charge is 2.43. The zero-order valence-corrected chi connectivity index (χ0v) is 14.6. The van der Waals surface area contributed by atoms with Crippen LogP contribution in [0.2, 0.25) is 5.15 Å². The van der Waals surface area contributed by atoms with Gasteiger partial charge >= 0.3 is 0 Å². The number of carbonyl (C=O) groups is 1. The number of rotatable bonds is 1. The summed E-state index contributed by atoms with van der Waals surface area (Å²) < 4.78 is 0. The predicted molar refractivity (Wildman–Crippen MR) is 93.7 cm³/mol. The van der Waals surface area contributed by atoms with Crippen LogP contribution in [0.1, 0.15) is 43.0 Å². The summed E-state index contributed by atoms with van der Waals surface area (Å²) in [7, 11) is 1.85. The summed E-state index contributed by atoms with van der Waals surface area (Å²) in [5.41, 5.74) is 2.26. The summed E-state index contributed by atoms with van der Waals surface area (Å²) in [4.78, 5) is 22.6. The molecular weight excluding hydrogens is 322 g/mol. The SMILES string of the molecule is CN1C(=O)C(c2ccc(C#Cc3ccnc(Cl)c3)cn2)CC1(C)C. The average molecular weight is 340 g/mol. The first-order valence-electron chi connectivity index (χ1n) is 7.74. The van der Waals surface area contributed by atoms with Crippen LogP contribution in [0.15, 0.2) is 36.7 Å². The number of pyridine rings is 2. The van der Waals surface area contributed by atoms with Crippen LogP contribution in [0, 0.1) is 11.8 Å². The Morgan fingerprint density at radius 2 is 1.96 bits per heavy atom. The first-order valence-corrected chi connectivity index (χ1v) is 8.12. The Morgan fingerprint density at radius 1 is 1.21 bits per heavy atom. The molecule has 0 aromatic carbocycles. The van der Waals surface area contributed by atoms with E-state index in [1.807, 2.05) is 19.2 Å². The minimum atomic E-state index is -0.175. The smallest absolute Gasteiger partial charge is 0.231 e. The molecule has 0 saturated carbocycles. The number of amides is 1. The molecule has 1 aliphatic rings. The van der Waals surface area contributed by atoms with Crippen LogP contribution in [-0.4, -0.2) is 33.4 Å². The zero-order chi connectivity index (χ0) is 17.3. The highest BCUT2D eigenvalue weighted by Crippen LogP contribution is 2.37. The highest BCUT2D eigenvalue weighted by atomic mass is 35.5. The van der Waals surface area contributed by atoms with E-state index >= 15 is 0 Å². The summed E-state index contributed by atoms with van der Waals surface area (Å²) in [5.74, 6) is 6.03. The van der Waals surface area contributed by atoms with Gasteiger partial charge in [0.05, 0.1) is 11.6 Å². The zero-order valence-electron chi connectivity index (χ0n) is 13.9. The number of hydrogen-bond acceptors (Lipinski definition) is 3. The Balaban J connectivity index is 1.79. The second-order valence-electron chi connectivity index (χ2n) is 6.56. The van der Waals surface area contributed by atoms with Crippen molar-refractivity contribution >= 4 is 17.5 Å². The van der Waals surface area contributed by atoms with Gasteiger partial charge in [-0.25, -0.2) is 4.98 Å². The third-order valence-corrected chi connectivity index (χ3v) is 4.67. The number of aromatic nitrogens is 2. The van der Waals surface area contributed by atoms with Crippen molar-refractivity contribution < 1.29 is 4.79 Å². The van der Waals surface area contributed by atoms with Crippen LogP contribution in [0.3, 0.4) is 0 Å². The van der Waals surface area contributed by atoms with E-state index in [-0.39, 0.29) is 17.4 Å². The maximum atomic E-state index is 12.4. The quantitative estimate of drug-likeness (QED) is 0.592. The van der Waals surface area contributed by atoms with Gasteiger partial charge in [0.2, 0.25) is 5.91 Å². The molecule has 1 atom stereocenters. The van der Waals surface area contributed by atoms with Crippen LogP contribution in [0.4, 0.5) is 0 Å². The first kappa shape index (κ1) is 16.5. The van der Waals surface area contributed by atoms with E-state index in [1.165, 1.54) is 0 Å². The normalized spacial score (nSPS) is 19.1. The lowest BCUT2D eigenvalue weighted by Crippen LogP contribution is -2.37. The van der Waals surface area contributed by atoms with Gasteiger partial charge in [-0.05, 0) is 44.5 Å². The number of halogens is 1. The fraction of sp³-hybridized carbons (Fsp3) is 0.316. The van der Waals surface area contributed by atoms with E-state index in [1.54, 1.807) is 29.4 Å². The fourth-order valence-electron chi connectivity index (χ4n) is 2.80. The largest absolute Gasteiger partial charge is 0.340 e. The predicted octanol–water partition coefficient (Wildman–Crippen LogP) is 3.25. The molecule has 2 aromatic heterocycles. The van der Waals surface area contributed by atoms with Gasteiger partial charge in [-0.15, -0.1) is 0 Å². The Kier molecular flexibility index (Phi) is 4.29. The minimum Gasteiger partial charge on any atom is -0.340 e. The van der Waals surface area contributed by atoms with E-state index in [2.05, 4.69) is 35.7 Å². The molecule has 5 heteroatoms. The summed E-state index contributed by atoms with van der Waals surface area (Å²) >= 11 is 5.84. The third kappa shape index (κ3) is 3.27. The van der Waals surface area contributed by atoms with Gasteiger partial charge in [0, 0.05) is 36.1 Å². The maximum absolute atomic E-state index is 12.4. The second-order valence-corrected chi connectivity index (χ2v) is 6.94. The van der Waals surface area contributed by atoms with Crippen molar-refractivity contribution in [2.45, 2.75) is 31.7 Å². The molecule has 0 spiro atoms. The monoisotopic (exact) mass is 339 g/mol. The third-order valence-electron chi connectivity index (χ3n) is 4.46. The van der Waals surface area contributed by atoms with Crippen molar-refractivity contribution in [3.8, 4) is 11.8 Å². The summed E-state index contributed by atoms with van der Waals surface area (Å²) in [6.07, 6.45) is 4.11. The molecular formula is C19H18ClN3O.